The highest BCUT2D eigenvalue weighted by atomic mass is 32.1. The largest absolute Gasteiger partial charge is 0.387 e. The molecular weight excluding hydrogens is 230 g/mol. The fourth-order valence-corrected chi connectivity index (χ4v) is 3.06. The van der Waals surface area contributed by atoms with Crippen LogP contribution in [0, 0.1) is 5.92 Å². The van der Waals surface area contributed by atoms with Gasteiger partial charge in [-0.1, -0.05) is 26.2 Å². The monoisotopic (exact) mass is 251 g/mol. The zero-order valence-electron chi connectivity index (χ0n) is 10.5. The van der Waals surface area contributed by atoms with Gasteiger partial charge in [-0.15, -0.1) is 11.3 Å². The van der Waals surface area contributed by atoms with E-state index >= 15 is 0 Å². The molecule has 1 fully saturated rings. The molecule has 0 bridgehead atoms. The topological polar surface area (TPSA) is 51.3 Å². The van der Waals surface area contributed by atoms with Crippen LogP contribution in [0.1, 0.15) is 48.9 Å². The Kier molecular flexibility index (Phi) is 4.54. The van der Waals surface area contributed by atoms with Crippen LogP contribution >= 0.6 is 11.3 Å². The minimum atomic E-state index is 0.523. The van der Waals surface area contributed by atoms with E-state index in [1.807, 2.05) is 6.20 Å². The summed E-state index contributed by atoms with van der Waals surface area (Å²) in [6.45, 7) is 2.81. The van der Waals surface area contributed by atoms with Crippen molar-refractivity contribution in [3.8, 4) is 0 Å². The molecule has 0 unspecified atom stereocenters. The van der Waals surface area contributed by atoms with Gasteiger partial charge in [-0.3, -0.25) is 4.99 Å². The molecule has 17 heavy (non-hydrogen) atoms. The number of hydrogen-bond acceptors (Lipinski definition) is 3. The quantitative estimate of drug-likeness (QED) is 0.660. The summed E-state index contributed by atoms with van der Waals surface area (Å²) in [5.41, 5.74) is 6.06. The Morgan fingerprint density at radius 1 is 1.47 bits per heavy atom. The van der Waals surface area contributed by atoms with Gasteiger partial charge in [0.15, 0.2) is 0 Å². The van der Waals surface area contributed by atoms with E-state index in [1.54, 1.807) is 11.3 Å². The Bertz CT molecular complexity index is 378. The third-order valence-electron chi connectivity index (χ3n) is 3.37. The number of aromatic nitrogens is 1. The number of aliphatic imine (C=N–C) groups is 1. The Labute approximate surface area is 107 Å². The molecule has 1 heterocycles. The van der Waals surface area contributed by atoms with Crippen LogP contribution in [0.15, 0.2) is 11.2 Å². The predicted molar refractivity (Wildman–Crippen MR) is 73.4 cm³/mol. The summed E-state index contributed by atoms with van der Waals surface area (Å²) in [6.07, 6.45) is 9.40. The molecule has 2 rings (SSSR count). The summed E-state index contributed by atoms with van der Waals surface area (Å²) in [5.74, 6) is 1.37. The van der Waals surface area contributed by atoms with Crippen LogP contribution in [0.3, 0.4) is 0 Å². The average Bonchev–Trinajstić information content (AvgIpc) is 2.85. The van der Waals surface area contributed by atoms with Crippen molar-refractivity contribution in [3.63, 3.8) is 0 Å². The first-order valence-corrected chi connectivity index (χ1v) is 7.34. The van der Waals surface area contributed by atoms with Crippen LogP contribution in [-0.2, 0) is 13.0 Å². The van der Waals surface area contributed by atoms with E-state index in [1.165, 1.54) is 37.0 Å². The third kappa shape index (κ3) is 3.53. The lowest BCUT2D eigenvalue weighted by Gasteiger charge is -2.20. The predicted octanol–water partition coefficient (Wildman–Crippen LogP) is 3.14. The lowest BCUT2D eigenvalue weighted by Crippen LogP contribution is -2.25. The minimum Gasteiger partial charge on any atom is -0.387 e. The second kappa shape index (κ2) is 6.15. The van der Waals surface area contributed by atoms with Gasteiger partial charge in [-0.25, -0.2) is 4.98 Å². The summed E-state index contributed by atoms with van der Waals surface area (Å²) in [7, 11) is 0. The standard InChI is InChI=1S/C13H21N3S/c1-2-11-8-15-12(17-11)9-16-13(14)10-6-4-3-5-7-10/h8,10H,2-7,9H2,1H3,(H2,14,16). The maximum atomic E-state index is 6.06. The normalized spacial score (nSPS) is 18.5. The molecule has 1 aromatic rings. The molecule has 2 N–H and O–H groups in total. The van der Waals surface area contributed by atoms with Crippen LogP contribution in [0.4, 0.5) is 0 Å². The van der Waals surface area contributed by atoms with E-state index in [-0.39, 0.29) is 0 Å². The fourth-order valence-electron chi connectivity index (χ4n) is 2.27. The average molecular weight is 251 g/mol. The van der Waals surface area contributed by atoms with Gasteiger partial charge in [0.2, 0.25) is 0 Å². The van der Waals surface area contributed by atoms with Gasteiger partial charge in [0.05, 0.1) is 12.4 Å². The first kappa shape index (κ1) is 12.6. The molecule has 1 aliphatic rings. The molecule has 4 heteroatoms. The fraction of sp³-hybridized carbons (Fsp3) is 0.692. The summed E-state index contributed by atoms with van der Waals surface area (Å²) >= 11 is 1.75. The molecule has 3 nitrogen and oxygen atoms in total. The Morgan fingerprint density at radius 2 is 2.24 bits per heavy atom. The van der Waals surface area contributed by atoms with Crippen LogP contribution in [0.25, 0.3) is 0 Å². The molecule has 1 saturated carbocycles. The van der Waals surface area contributed by atoms with E-state index < -0.39 is 0 Å². The first-order chi connectivity index (χ1) is 8.29. The van der Waals surface area contributed by atoms with Gasteiger partial charge < -0.3 is 5.73 Å². The van der Waals surface area contributed by atoms with Crippen molar-refractivity contribution in [2.75, 3.05) is 0 Å². The van der Waals surface area contributed by atoms with Crippen LogP contribution < -0.4 is 5.73 Å². The van der Waals surface area contributed by atoms with Gasteiger partial charge in [-0.05, 0) is 19.3 Å². The summed E-state index contributed by atoms with van der Waals surface area (Å²) in [6, 6.07) is 0. The zero-order chi connectivity index (χ0) is 12.1. The second-order valence-electron chi connectivity index (χ2n) is 4.65. The second-order valence-corrected chi connectivity index (χ2v) is 5.85. The highest BCUT2D eigenvalue weighted by molar-refractivity contribution is 7.11. The van der Waals surface area contributed by atoms with Crippen molar-refractivity contribution in [3.05, 3.63) is 16.1 Å². The molecule has 0 amide bonds. The minimum absolute atomic E-state index is 0.523. The number of aryl methyl sites for hydroxylation is 1. The number of thiazole rings is 1. The number of amidine groups is 1. The first-order valence-electron chi connectivity index (χ1n) is 6.53. The number of nitrogens with two attached hydrogens (primary N) is 1. The van der Waals surface area contributed by atoms with E-state index in [0.717, 1.165) is 17.3 Å². The molecule has 94 valence electrons. The van der Waals surface area contributed by atoms with Gasteiger partial charge in [0, 0.05) is 17.0 Å². The van der Waals surface area contributed by atoms with E-state index in [4.69, 9.17) is 5.73 Å². The molecule has 1 aliphatic carbocycles. The van der Waals surface area contributed by atoms with Crippen LogP contribution in [-0.4, -0.2) is 10.8 Å². The van der Waals surface area contributed by atoms with Gasteiger partial charge in [-0.2, -0.15) is 0 Å². The summed E-state index contributed by atoms with van der Waals surface area (Å²) < 4.78 is 0. The Hall–Kier alpha value is -0.900. The lowest BCUT2D eigenvalue weighted by atomic mass is 9.88. The molecule has 0 aliphatic heterocycles. The molecule has 0 spiro atoms. The van der Waals surface area contributed by atoms with Gasteiger partial charge in [0.25, 0.3) is 0 Å². The maximum absolute atomic E-state index is 6.06. The number of nitrogens with zero attached hydrogens (tertiary/aromatic N) is 2. The van der Waals surface area contributed by atoms with Crippen molar-refractivity contribution in [1.29, 1.82) is 0 Å². The van der Waals surface area contributed by atoms with E-state index in [0.29, 0.717) is 12.5 Å². The Morgan fingerprint density at radius 3 is 2.88 bits per heavy atom. The molecule has 0 radical (unpaired) electrons. The van der Waals surface area contributed by atoms with Crippen molar-refractivity contribution in [1.82, 2.24) is 4.98 Å². The van der Waals surface area contributed by atoms with E-state index in [9.17, 15) is 0 Å². The van der Waals surface area contributed by atoms with Crippen molar-refractivity contribution >= 4 is 17.2 Å². The smallest absolute Gasteiger partial charge is 0.114 e. The zero-order valence-corrected chi connectivity index (χ0v) is 11.3. The van der Waals surface area contributed by atoms with Crippen molar-refractivity contribution in [2.24, 2.45) is 16.6 Å². The molecule has 0 atom stereocenters. The van der Waals surface area contributed by atoms with Crippen LogP contribution in [0.5, 0.6) is 0 Å². The van der Waals surface area contributed by atoms with Gasteiger partial charge in [0.1, 0.15) is 5.01 Å². The van der Waals surface area contributed by atoms with Gasteiger partial charge >= 0.3 is 0 Å². The highest BCUT2D eigenvalue weighted by Crippen LogP contribution is 2.24. The van der Waals surface area contributed by atoms with Crippen molar-refractivity contribution in [2.45, 2.75) is 52.0 Å². The number of rotatable bonds is 4. The molecule has 1 aromatic heterocycles. The summed E-state index contributed by atoms with van der Waals surface area (Å²) in [5, 5.41) is 1.08. The molecule has 0 aromatic carbocycles. The summed E-state index contributed by atoms with van der Waals surface area (Å²) in [4.78, 5) is 10.2. The third-order valence-corrected chi connectivity index (χ3v) is 4.50. The highest BCUT2D eigenvalue weighted by Gasteiger charge is 2.16. The molecule has 0 saturated heterocycles. The van der Waals surface area contributed by atoms with E-state index in [2.05, 4.69) is 16.9 Å². The lowest BCUT2D eigenvalue weighted by molar-refractivity contribution is 0.436. The Balaban J connectivity index is 1.90. The van der Waals surface area contributed by atoms with Crippen molar-refractivity contribution < 1.29 is 0 Å². The molecular formula is C13H21N3S. The SMILES string of the molecule is CCc1cnc(CN=C(N)C2CCCCC2)s1. The van der Waals surface area contributed by atoms with Crippen LogP contribution in [0.2, 0.25) is 0 Å². The number of hydrogen-bond donors (Lipinski definition) is 1. The maximum Gasteiger partial charge on any atom is 0.114 e.